The number of carbonyl (C=O) groups is 2. The standard InChI is InChI=1S/C23H19ClN2O4/c1-30-18-9-5-8-17(13-18)25-21(27)14-26-20-11-3-2-10-19(20)23(29,22(26)28)15-6-4-7-16(24)12-15/h2-13,29H,14H2,1H3,(H,25,27)/t23-/m0/s1. The molecule has 7 heteroatoms. The average molecular weight is 423 g/mol. The predicted molar refractivity (Wildman–Crippen MR) is 115 cm³/mol. The molecule has 0 spiro atoms. The third kappa shape index (κ3) is 3.40. The number of carbonyl (C=O) groups excluding carboxylic acids is 2. The number of benzene rings is 3. The third-order valence-corrected chi connectivity index (χ3v) is 5.27. The monoisotopic (exact) mass is 422 g/mol. The van der Waals surface area contributed by atoms with Crippen molar-refractivity contribution in [2.75, 3.05) is 23.9 Å². The molecule has 3 aromatic rings. The van der Waals surface area contributed by atoms with Crippen LogP contribution in [-0.4, -0.2) is 30.6 Å². The number of ether oxygens (including phenoxy) is 1. The molecule has 0 aromatic heterocycles. The van der Waals surface area contributed by atoms with Crippen LogP contribution in [0.25, 0.3) is 0 Å². The van der Waals surface area contributed by atoms with Gasteiger partial charge in [0.25, 0.3) is 5.91 Å². The molecular weight excluding hydrogens is 404 g/mol. The number of nitrogens with zero attached hydrogens (tertiary/aromatic N) is 1. The van der Waals surface area contributed by atoms with Crippen molar-refractivity contribution in [3.8, 4) is 5.75 Å². The number of aliphatic hydroxyl groups is 1. The zero-order valence-corrected chi connectivity index (χ0v) is 16.9. The van der Waals surface area contributed by atoms with Gasteiger partial charge in [0, 0.05) is 22.3 Å². The Morgan fingerprint density at radius 2 is 1.87 bits per heavy atom. The molecule has 6 nitrogen and oxygen atoms in total. The molecule has 3 aromatic carbocycles. The van der Waals surface area contributed by atoms with E-state index in [0.29, 0.717) is 33.3 Å². The lowest BCUT2D eigenvalue weighted by Gasteiger charge is -2.23. The largest absolute Gasteiger partial charge is 0.497 e. The first-order valence-electron chi connectivity index (χ1n) is 9.27. The SMILES string of the molecule is COc1cccc(NC(=O)CN2C(=O)[C@](O)(c3cccc(Cl)c3)c3ccccc32)c1. The maximum Gasteiger partial charge on any atom is 0.268 e. The van der Waals surface area contributed by atoms with E-state index in [1.165, 1.54) is 12.0 Å². The Labute approximate surface area is 178 Å². The number of para-hydroxylation sites is 1. The van der Waals surface area contributed by atoms with Gasteiger partial charge in [0.1, 0.15) is 12.3 Å². The molecule has 0 saturated carbocycles. The molecule has 0 bridgehead atoms. The van der Waals surface area contributed by atoms with Gasteiger partial charge in [0.05, 0.1) is 12.8 Å². The molecule has 4 rings (SSSR count). The molecule has 1 atom stereocenters. The highest BCUT2D eigenvalue weighted by atomic mass is 35.5. The van der Waals surface area contributed by atoms with Gasteiger partial charge in [-0.2, -0.15) is 0 Å². The molecule has 2 amide bonds. The molecular formula is C23H19ClN2O4. The Hall–Kier alpha value is -3.35. The highest BCUT2D eigenvalue weighted by Gasteiger charge is 2.51. The van der Waals surface area contributed by atoms with Gasteiger partial charge in [-0.3, -0.25) is 14.5 Å². The quantitative estimate of drug-likeness (QED) is 0.658. The van der Waals surface area contributed by atoms with E-state index in [2.05, 4.69) is 5.32 Å². The topological polar surface area (TPSA) is 78.9 Å². The van der Waals surface area contributed by atoms with Crippen molar-refractivity contribution >= 4 is 34.8 Å². The first kappa shape index (κ1) is 19.9. The van der Waals surface area contributed by atoms with Gasteiger partial charge in [-0.05, 0) is 35.9 Å². The maximum atomic E-state index is 13.3. The second kappa shape index (κ2) is 7.82. The van der Waals surface area contributed by atoms with E-state index < -0.39 is 17.4 Å². The van der Waals surface area contributed by atoms with Crippen LogP contribution < -0.4 is 15.0 Å². The zero-order valence-electron chi connectivity index (χ0n) is 16.1. The van der Waals surface area contributed by atoms with Gasteiger partial charge in [0.15, 0.2) is 5.60 Å². The number of hydrogen-bond acceptors (Lipinski definition) is 4. The molecule has 0 aliphatic carbocycles. The van der Waals surface area contributed by atoms with E-state index in [9.17, 15) is 14.7 Å². The van der Waals surface area contributed by atoms with Crippen LogP contribution in [0.4, 0.5) is 11.4 Å². The summed E-state index contributed by atoms with van der Waals surface area (Å²) in [5.41, 5.74) is -0.137. The fourth-order valence-corrected chi connectivity index (χ4v) is 3.82. The second-order valence-corrected chi connectivity index (χ2v) is 7.35. The van der Waals surface area contributed by atoms with Crippen molar-refractivity contribution in [3.63, 3.8) is 0 Å². The highest BCUT2D eigenvalue weighted by Crippen LogP contribution is 2.44. The fourth-order valence-electron chi connectivity index (χ4n) is 3.63. The molecule has 152 valence electrons. The Bertz CT molecular complexity index is 1130. The third-order valence-electron chi connectivity index (χ3n) is 5.04. The summed E-state index contributed by atoms with van der Waals surface area (Å²) in [4.78, 5) is 27.3. The molecule has 1 aliphatic heterocycles. The van der Waals surface area contributed by atoms with Crippen molar-refractivity contribution in [2.24, 2.45) is 0 Å². The van der Waals surface area contributed by atoms with Crippen molar-refractivity contribution in [3.05, 3.63) is 88.9 Å². The summed E-state index contributed by atoms with van der Waals surface area (Å²) in [7, 11) is 1.54. The lowest BCUT2D eigenvalue weighted by atomic mass is 9.87. The van der Waals surface area contributed by atoms with Gasteiger partial charge in [-0.25, -0.2) is 0 Å². The number of anilines is 2. The molecule has 0 unspecified atom stereocenters. The number of nitrogens with one attached hydrogen (secondary N) is 1. The zero-order chi connectivity index (χ0) is 21.3. The van der Waals surface area contributed by atoms with E-state index in [1.807, 2.05) is 0 Å². The number of fused-ring (bicyclic) bond motifs is 1. The lowest BCUT2D eigenvalue weighted by molar-refractivity contribution is -0.133. The number of methoxy groups -OCH3 is 1. The first-order chi connectivity index (χ1) is 14.4. The van der Waals surface area contributed by atoms with Gasteiger partial charge >= 0.3 is 0 Å². The number of halogens is 1. The van der Waals surface area contributed by atoms with Gasteiger partial charge in [-0.15, -0.1) is 0 Å². The lowest BCUT2D eigenvalue weighted by Crippen LogP contribution is -2.44. The Morgan fingerprint density at radius 1 is 1.10 bits per heavy atom. The van der Waals surface area contributed by atoms with Crippen LogP contribution in [0.3, 0.4) is 0 Å². The number of amides is 2. The number of rotatable bonds is 5. The molecule has 0 saturated heterocycles. The minimum Gasteiger partial charge on any atom is -0.497 e. The fraction of sp³-hybridized carbons (Fsp3) is 0.130. The molecule has 1 aliphatic rings. The van der Waals surface area contributed by atoms with E-state index in [4.69, 9.17) is 16.3 Å². The molecule has 0 fully saturated rings. The minimum atomic E-state index is -1.92. The van der Waals surface area contributed by atoms with Crippen LogP contribution in [0.15, 0.2) is 72.8 Å². The number of hydrogen-bond donors (Lipinski definition) is 2. The second-order valence-electron chi connectivity index (χ2n) is 6.91. The van der Waals surface area contributed by atoms with Crippen LogP contribution >= 0.6 is 11.6 Å². The molecule has 0 radical (unpaired) electrons. The smallest absolute Gasteiger partial charge is 0.268 e. The van der Waals surface area contributed by atoms with Crippen molar-refractivity contribution in [2.45, 2.75) is 5.60 Å². The molecule has 1 heterocycles. The maximum absolute atomic E-state index is 13.3. The summed E-state index contributed by atoms with van der Waals surface area (Å²) in [6.07, 6.45) is 0. The summed E-state index contributed by atoms with van der Waals surface area (Å²) < 4.78 is 5.16. The van der Waals surface area contributed by atoms with Crippen LogP contribution in [0.2, 0.25) is 5.02 Å². The Morgan fingerprint density at radius 3 is 2.63 bits per heavy atom. The highest BCUT2D eigenvalue weighted by molar-refractivity contribution is 6.30. The first-order valence-corrected chi connectivity index (χ1v) is 9.65. The van der Waals surface area contributed by atoms with E-state index in [-0.39, 0.29) is 6.54 Å². The summed E-state index contributed by atoms with van der Waals surface area (Å²) in [5.74, 6) is -0.403. The van der Waals surface area contributed by atoms with E-state index in [1.54, 1.807) is 72.8 Å². The van der Waals surface area contributed by atoms with E-state index in [0.717, 1.165) is 0 Å². The van der Waals surface area contributed by atoms with Crippen LogP contribution in [0.1, 0.15) is 11.1 Å². The predicted octanol–water partition coefficient (Wildman–Crippen LogP) is 3.57. The van der Waals surface area contributed by atoms with Gasteiger partial charge in [-0.1, -0.05) is 48.0 Å². The minimum absolute atomic E-state index is 0.254. The van der Waals surface area contributed by atoms with Crippen LogP contribution in [-0.2, 0) is 15.2 Å². The molecule has 30 heavy (non-hydrogen) atoms. The summed E-state index contributed by atoms with van der Waals surface area (Å²) >= 11 is 6.09. The van der Waals surface area contributed by atoms with Gasteiger partial charge < -0.3 is 15.2 Å². The molecule has 2 N–H and O–H groups in total. The average Bonchev–Trinajstić information content (AvgIpc) is 2.97. The van der Waals surface area contributed by atoms with Crippen molar-refractivity contribution < 1.29 is 19.4 Å². The summed E-state index contributed by atoms with van der Waals surface area (Å²) in [6.45, 7) is -0.254. The normalized spacial score (nSPS) is 17.6. The Balaban J connectivity index is 1.64. The Kier molecular flexibility index (Phi) is 5.20. The van der Waals surface area contributed by atoms with Gasteiger partial charge in [0.2, 0.25) is 5.91 Å². The van der Waals surface area contributed by atoms with E-state index >= 15 is 0 Å². The van der Waals surface area contributed by atoms with Crippen molar-refractivity contribution in [1.82, 2.24) is 0 Å². The van der Waals surface area contributed by atoms with Crippen molar-refractivity contribution in [1.29, 1.82) is 0 Å². The summed E-state index contributed by atoms with van der Waals surface area (Å²) in [6, 6.07) is 20.3. The van der Waals surface area contributed by atoms with Crippen LogP contribution in [0, 0.1) is 0 Å². The summed E-state index contributed by atoms with van der Waals surface area (Å²) in [5, 5.41) is 14.6. The van der Waals surface area contributed by atoms with Crippen LogP contribution in [0.5, 0.6) is 5.75 Å².